The van der Waals surface area contributed by atoms with E-state index in [-0.39, 0.29) is 0 Å². The molecule has 0 heterocycles. The SMILES string of the molecule is CC#CC1=C=CCCC1. The lowest BCUT2D eigenvalue weighted by Crippen LogP contribution is -1.82. The predicted octanol–water partition coefficient (Wildman–Crippen LogP) is 2.28. The third-order valence-electron chi connectivity index (χ3n) is 1.33. The lowest BCUT2D eigenvalue weighted by Gasteiger charge is -1.97. The van der Waals surface area contributed by atoms with Crippen LogP contribution in [-0.4, -0.2) is 0 Å². The summed E-state index contributed by atoms with van der Waals surface area (Å²) in [5.41, 5.74) is 4.31. The van der Waals surface area contributed by atoms with Gasteiger partial charge in [-0.15, -0.1) is 11.7 Å². The second kappa shape index (κ2) is 3.17. The molecule has 0 aromatic rings. The Kier molecular flexibility index (Phi) is 2.19. The zero-order valence-corrected chi connectivity index (χ0v) is 5.70. The minimum absolute atomic E-state index is 1.12. The first-order valence-corrected chi connectivity index (χ1v) is 3.30. The van der Waals surface area contributed by atoms with Gasteiger partial charge in [0.15, 0.2) is 0 Å². The molecule has 1 rings (SSSR count). The fourth-order valence-electron chi connectivity index (χ4n) is 0.898. The first-order chi connectivity index (χ1) is 4.43. The van der Waals surface area contributed by atoms with Crippen molar-refractivity contribution in [2.45, 2.75) is 26.2 Å². The zero-order chi connectivity index (χ0) is 6.53. The average Bonchev–Trinajstić information content (AvgIpc) is 1.91. The largest absolute Gasteiger partial charge is 0.113 e. The van der Waals surface area contributed by atoms with Crippen molar-refractivity contribution in [2.24, 2.45) is 0 Å². The van der Waals surface area contributed by atoms with E-state index >= 15 is 0 Å². The minimum atomic E-state index is 1.12. The third kappa shape index (κ3) is 1.80. The van der Waals surface area contributed by atoms with Gasteiger partial charge in [0.1, 0.15) is 0 Å². The van der Waals surface area contributed by atoms with E-state index in [0.29, 0.717) is 0 Å². The van der Waals surface area contributed by atoms with Gasteiger partial charge in [-0.05, 0) is 32.3 Å². The third-order valence-corrected chi connectivity index (χ3v) is 1.33. The van der Waals surface area contributed by atoms with Gasteiger partial charge in [-0.1, -0.05) is 5.92 Å². The van der Waals surface area contributed by atoms with E-state index in [9.17, 15) is 0 Å². The van der Waals surface area contributed by atoms with E-state index in [1.807, 2.05) is 6.92 Å². The van der Waals surface area contributed by atoms with E-state index < -0.39 is 0 Å². The maximum atomic E-state index is 3.14. The Hall–Kier alpha value is -0.920. The van der Waals surface area contributed by atoms with Crippen LogP contribution in [0.4, 0.5) is 0 Å². The van der Waals surface area contributed by atoms with Gasteiger partial charge in [0.2, 0.25) is 0 Å². The monoisotopic (exact) mass is 118 g/mol. The van der Waals surface area contributed by atoms with E-state index in [4.69, 9.17) is 0 Å². The Morgan fingerprint density at radius 1 is 1.67 bits per heavy atom. The molecule has 0 N–H and O–H groups in total. The van der Waals surface area contributed by atoms with E-state index in [0.717, 1.165) is 6.42 Å². The summed E-state index contributed by atoms with van der Waals surface area (Å²) >= 11 is 0. The molecule has 1 aliphatic carbocycles. The fourth-order valence-corrected chi connectivity index (χ4v) is 0.898. The molecule has 0 spiro atoms. The molecule has 0 aromatic heterocycles. The Bertz CT molecular complexity index is 204. The van der Waals surface area contributed by atoms with Crippen molar-refractivity contribution in [2.75, 3.05) is 0 Å². The Morgan fingerprint density at radius 2 is 2.56 bits per heavy atom. The van der Waals surface area contributed by atoms with Crippen molar-refractivity contribution < 1.29 is 0 Å². The molecule has 0 radical (unpaired) electrons. The van der Waals surface area contributed by atoms with Gasteiger partial charge in [0.05, 0.1) is 0 Å². The molecule has 9 heavy (non-hydrogen) atoms. The lowest BCUT2D eigenvalue weighted by atomic mass is 10.1. The summed E-state index contributed by atoms with van der Waals surface area (Å²) in [7, 11) is 0. The Balaban J connectivity index is 2.74. The van der Waals surface area contributed by atoms with Crippen LogP contribution in [0.2, 0.25) is 0 Å². The van der Waals surface area contributed by atoms with Crippen LogP contribution in [0, 0.1) is 11.8 Å². The Morgan fingerprint density at radius 3 is 3.11 bits per heavy atom. The van der Waals surface area contributed by atoms with Crippen LogP contribution in [0.3, 0.4) is 0 Å². The topological polar surface area (TPSA) is 0 Å². The van der Waals surface area contributed by atoms with E-state index in [1.165, 1.54) is 18.4 Å². The van der Waals surface area contributed by atoms with Gasteiger partial charge < -0.3 is 0 Å². The normalized spacial score (nSPS) is 15.9. The van der Waals surface area contributed by atoms with Crippen molar-refractivity contribution in [3.63, 3.8) is 0 Å². The molecule has 0 saturated heterocycles. The van der Waals surface area contributed by atoms with Crippen molar-refractivity contribution in [3.05, 3.63) is 17.4 Å². The zero-order valence-electron chi connectivity index (χ0n) is 5.70. The molecular formula is C9H10. The molecule has 46 valence electrons. The standard InChI is InChI=1S/C9H10/c1-2-6-9-7-4-3-5-8-9/h4H,3,5,8H2,1H3. The molecule has 0 bridgehead atoms. The van der Waals surface area contributed by atoms with Crippen LogP contribution < -0.4 is 0 Å². The van der Waals surface area contributed by atoms with Crippen molar-refractivity contribution in [3.8, 4) is 11.8 Å². The second-order valence-electron chi connectivity index (χ2n) is 2.09. The van der Waals surface area contributed by atoms with Crippen LogP contribution in [-0.2, 0) is 0 Å². The van der Waals surface area contributed by atoms with Gasteiger partial charge in [0, 0.05) is 5.57 Å². The van der Waals surface area contributed by atoms with Crippen LogP contribution in [0.25, 0.3) is 0 Å². The van der Waals surface area contributed by atoms with Crippen LogP contribution in [0.1, 0.15) is 26.2 Å². The summed E-state index contributed by atoms with van der Waals surface area (Å²) in [6, 6.07) is 0. The molecule has 0 unspecified atom stereocenters. The molecule has 0 atom stereocenters. The van der Waals surface area contributed by atoms with Gasteiger partial charge in [-0.25, -0.2) is 0 Å². The van der Waals surface area contributed by atoms with Gasteiger partial charge in [0.25, 0.3) is 0 Å². The second-order valence-corrected chi connectivity index (χ2v) is 2.09. The number of allylic oxidation sites excluding steroid dienone is 1. The smallest absolute Gasteiger partial charge is 0.0434 e. The number of hydrogen-bond donors (Lipinski definition) is 0. The highest BCUT2D eigenvalue weighted by Crippen LogP contribution is 2.09. The van der Waals surface area contributed by atoms with Crippen LogP contribution >= 0.6 is 0 Å². The van der Waals surface area contributed by atoms with Crippen molar-refractivity contribution in [1.82, 2.24) is 0 Å². The summed E-state index contributed by atoms with van der Waals surface area (Å²) in [4.78, 5) is 0. The highest BCUT2D eigenvalue weighted by Gasteiger charge is 1.94. The lowest BCUT2D eigenvalue weighted by molar-refractivity contribution is 0.834. The van der Waals surface area contributed by atoms with Gasteiger partial charge in [-0.2, -0.15) is 0 Å². The molecule has 0 nitrogen and oxygen atoms in total. The number of rotatable bonds is 0. The van der Waals surface area contributed by atoms with Crippen LogP contribution in [0.5, 0.6) is 0 Å². The van der Waals surface area contributed by atoms with Crippen molar-refractivity contribution >= 4 is 0 Å². The molecule has 0 aromatic carbocycles. The summed E-state index contributed by atoms with van der Waals surface area (Å²) in [6.45, 7) is 1.86. The predicted molar refractivity (Wildman–Crippen MR) is 38.9 cm³/mol. The molecule has 0 saturated carbocycles. The highest BCUT2D eigenvalue weighted by atomic mass is 14.0. The summed E-state index contributed by atoms with van der Waals surface area (Å²) in [6.07, 6.45) is 5.62. The van der Waals surface area contributed by atoms with Crippen molar-refractivity contribution in [1.29, 1.82) is 0 Å². The highest BCUT2D eigenvalue weighted by molar-refractivity contribution is 5.28. The fraction of sp³-hybridized carbons (Fsp3) is 0.444. The summed E-state index contributed by atoms with van der Waals surface area (Å²) in [5, 5.41) is 0. The summed E-state index contributed by atoms with van der Waals surface area (Å²) < 4.78 is 0. The summed E-state index contributed by atoms with van der Waals surface area (Å²) in [5.74, 6) is 5.88. The first-order valence-electron chi connectivity index (χ1n) is 3.30. The number of hydrogen-bond acceptors (Lipinski definition) is 0. The van der Waals surface area contributed by atoms with E-state index in [1.54, 1.807) is 0 Å². The van der Waals surface area contributed by atoms with Gasteiger partial charge in [-0.3, -0.25) is 0 Å². The molecule has 1 aliphatic rings. The Labute approximate surface area is 56.3 Å². The van der Waals surface area contributed by atoms with Crippen LogP contribution in [0.15, 0.2) is 17.4 Å². The maximum absolute atomic E-state index is 3.14. The minimum Gasteiger partial charge on any atom is -0.113 e. The molecular weight excluding hydrogens is 108 g/mol. The first kappa shape index (κ1) is 6.20. The molecule has 0 fully saturated rings. The molecule has 0 aliphatic heterocycles. The molecule has 0 heteroatoms. The molecule has 0 amide bonds. The maximum Gasteiger partial charge on any atom is 0.0434 e. The average molecular weight is 118 g/mol. The van der Waals surface area contributed by atoms with E-state index in [2.05, 4.69) is 23.6 Å². The quantitative estimate of drug-likeness (QED) is 0.338. The van der Waals surface area contributed by atoms with Gasteiger partial charge >= 0.3 is 0 Å².